The fourth-order valence-corrected chi connectivity index (χ4v) is 1.31. The first kappa shape index (κ1) is 9.98. The van der Waals surface area contributed by atoms with E-state index >= 15 is 0 Å². The third kappa shape index (κ3) is 1.98. The summed E-state index contributed by atoms with van der Waals surface area (Å²) < 4.78 is 0. The topological polar surface area (TPSA) is 84.2 Å². The standard InChI is InChI=1S/C8H15N3O2/c1-3-8(2)4-5(8)10-6(12)7(13)11-9/h5H,3-4,9H2,1-2H3,(H,10,12)(H,11,13). The Balaban J connectivity index is 2.36. The summed E-state index contributed by atoms with van der Waals surface area (Å²) in [5.41, 5.74) is 1.96. The minimum Gasteiger partial charge on any atom is -0.344 e. The van der Waals surface area contributed by atoms with Gasteiger partial charge in [-0.05, 0) is 18.3 Å². The van der Waals surface area contributed by atoms with E-state index in [9.17, 15) is 9.59 Å². The number of hydrogen-bond acceptors (Lipinski definition) is 3. The van der Waals surface area contributed by atoms with Crippen molar-refractivity contribution < 1.29 is 9.59 Å². The highest BCUT2D eigenvalue weighted by Gasteiger charge is 2.49. The Morgan fingerprint density at radius 1 is 1.54 bits per heavy atom. The Labute approximate surface area is 77.0 Å². The number of carbonyl (C=O) groups excluding carboxylic acids is 2. The van der Waals surface area contributed by atoms with E-state index < -0.39 is 11.8 Å². The maximum absolute atomic E-state index is 11.0. The van der Waals surface area contributed by atoms with Gasteiger partial charge < -0.3 is 5.32 Å². The van der Waals surface area contributed by atoms with Crippen molar-refractivity contribution in [2.45, 2.75) is 32.7 Å². The van der Waals surface area contributed by atoms with Crippen molar-refractivity contribution >= 4 is 11.8 Å². The Kier molecular flexibility index (Phi) is 2.56. The summed E-state index contributed by atoms with van der Waals surface area (Å²) in [7, 11) is 0. The van der Waals surface area contributed by atoms with Crippen LogP contribution in [0.5, 0.6) is 0 Å². The fourth-order valence-electron chi connectivity index (χ4n) is 1.31. The molecule has 1 rings (SSSR count). The lowest BCUT2D eigenvalue weighted by Crippen LogP contribution is -2.44. The second-order valence-corrected chi connectivity index (χ2v) is 3.71. The molecule has 4 N–H and O–H groups in total. The average Bonchev–Trinajstić information content (AvgIpc) is 2.76. The van der Waals surface area contributed by atoms with Crippen molar-refractivity contribution in [3.05, 3.63) is 0 Å². The molecule has 5 heteroatoms. The van der Waals surface area contributed by atoms with Gasteiger partial charge in [0, 0.05) is 6.04 Å². The molecular weight excluding hydrogens is 170 g/mol. The van der Waals surface area contributed by atoms with Gasteiger partial charge in [-0.3, -0.25) is 15.0 Å². The Morgan fingerprint density at radius 3 is 2.54 bits per heavy atom. The summed E-state index contributed by atoms with van der Waals surface area (Å²) in [5.74, 6) is 3.37. The van der Waals surface area contributed by atoms with Crippen molar-refractivity contribution in [1.29, 1.82) is 0 Å². The summed E-state index contributed by atoms with van der Waals surface area (Å²) >= 11 is 0. The molecule has 1 fully saturated rings. The quantitative estimate of drug-likeness (QED) is 0.230. The molecule has 74 valence electrons. The molecule has 0 aromatic heterocycles. The van der Waals surface area contributed by atoms with Crippen LogP contribution in [0.2, 0.25) is 0 Å². The molecule has 0 saturated heterocycles. The molecule has 1 aliphatic rings. The van der Waals surface area contributed by atoms with Crippen LogP contribution in [0.25, 0.3) is 0 Å². The number of nitrogens with two attached hydrogens (primary N) is 1. The number of amides is 2. The van der Waals surface area contributed by atoms with E-state index in [0.29, 0.717) is 0 Å². The smallest absolute Gasteiger partial charge is 0.323 e. The summed E-state index contributed by atoms with van der Waals surface area (Å²) in [6, 6.07) is 0.127. The Morgan fingerprint density at radius 2 is 2.15 bits per heavy atom. The molecule has 2 amide bonds. The van der Waals surface area contributed by atoms with E-state index in [1.54, 1.807) is 5.43 Å². The normalized spacial score (nSPS) is 30.8. The lowest BCUT2D eigenvalue weighted by Gasteiger charge is -2.07. The number of carbonyl (C=O) groups is 2. The van der Waals surface area contributed by atoms with E-state index in [1.807, 2.05) is 0 Å². The van der Waals surface area contributed by atoms with E-state index in [0.717, 1.165) is 12.8 Å². The molecule has 0 heterocycles. The van der Waals surface area contributed by atoms with Crippen molar-refractivity contribution in [3.63, 3.8) is 0 Å². The van der Waals surface area contributed by atoms with Crippen LogP contribution in [0.4, 0.5) is 0 Å². The summed E-state index contributed by atoms with van der Waals surface area (Å²) in [6.45, 7) is 4.15. The monoisotopic (exact) mass is 185 g/mol. The van der Waals surface area contributed by atoms with Crippen LogP contribution in [0.3, 0.4) is 0 Å². The van der Waals surface area contributed by atoms with E-state index in [4.69, 9.17) is 5.84 Å². The van der Waals surface area contributed by atoms with Crippen molar-refractivity contribution in [3.8, 4) is 0 Å². The number of hydrogen-bond donors (Lipinski definition) is 3. The summed E-state index contributed by atoms with van der Waals surface area (Å²) in [5, 5.41) is 2.62. The Bertz CT molecular complexity index is 242. The molecule has 0 aromatic rings. The molecule has 5 nitrogen and oxygen atoms in total. The molecular formula is C8H15N3O2. The van der Waals surface area contributed by atoms with Gasteiger partial charge in [0.2, 0.25) is 0 Å². The van der Waals surface area contributed by atoms with Gasteiger partial charge in [-0.1, -0.05) is 13.8 Å². The fraction of sp³-hybridized carbons (Fsp3) is 0.750. The van der Waals surface area contributed by atoms with Crippen LogP contribution in [-0.4, -0.2) is 17.9 Å². The maximum atomic E-state index is 11.0. The first-order chi connectivity index (χ1) is 6.03. The first-order valence-corrected chi connectivity index (χ1v) is 4.35. The molecule has 0 spiro atoms. The maximum Gasteiger partial charge on any atom is 0.323 e. The summed E-state index contributed by atoms with van der Waals surface area (Å²) in [6.07, 6.45) is 1.94. The van der Waals surface area contributed by atoms with Crippen molar-refractivity contribution in [1.82, 2.24) is 10.7 Å². The first-order valence-electron chi connectivity index (χ1n) is 4.35. The molecule has 0 radical (unpaired) electrons. The SMILES string of the molecule is CCC1(C)CC1NC(=O)C(=O)NN. The van der Waals surface area contributed by atoms with Crippen molar-refractivity contribution in [2.24, 2.45) is 11.3 Å². The van der Waals surface area contributed by atoms with Crippen molar-refractivity contribution in [2.75, 3.05) is 0 Å². The minimum atomic E-state index is -0.787. The lowest BCUT2D eigenvalue weighted by atomic mass is 10.1. The van der Waals surface area contributed by atoms with Crippen LogP contribution in [0.1, 0.15) is 26.7 Å². The second kappa shape index (κ2) is 3.33. The number of nitrogens with one attached hydrogen (secondary N) is 2. The minimum absolute atomic E-state index is 0.127. The molecule has 0 aliphatic heterocycles. The zero-order valence-corrected chi connectivity index (χ0v) is 7.89. The van der Waals surface area contributed by atoms with Gasteiger partial charge in [0.25, 0.3) is 0 Å². The van der Waals surface area contributed by atoms with Crippen LogP contribution in [-0.2, 0) is 9.59 Å². The summed E-state index contributed by atoms with van der Waals surface area (Å²) in [4.78, 5) is 21.8. The van der Waals surface area contributed by atoms with Gasteiger partial charge in [-0.25, -0.2) is 5.84 Å². The van der Waals surface area contributed by atoms with Gasteiger partial charge in [-0.15, -0.1) is 0 Å². The average molecular weight is 185 g/mol. The van der Waals surface area contributed by atoms with Crippen LogP contribution < -0.4 is 16.6 Å². The van der Waals surface area contributed by atoms with Crippen LogP contribution >= 0.6 is 0 Å². The predicted octanol–water partition coefficient (Wildman–Crippen LogP) is -0.719. The lowest BCUT2D eigenvalue weighted by molar-refractivity contribution is -0.139. The Hall–Kier alpha value is -1.10. The number of hydrazine groups is 1. The van der Waals surface area contributed by atoms with Crippen LogP contribution in [0, 0.1) is 5.41 Å². The van der Waals surface area contributed by atoms with E-state index in [1.165, 1.54) is 0 Å². The molecule has 0 aromatic carbocycles. The third-order valence-electron chi connectivity index (χ3n) is 2.80. The molecule has 2 unspecified atom stereocenters. The zero-order chi connectivity index (χ0) is 10.1. The van der Waals surface area contributed by atoms with Gasteiger partial charge >= 0.3 is 11.8 Å². The van der Waals surface area contributed by atoms with Gasteiger partial charge in [0.1, 0.15) is 0 Å². The predicted molar refractivity (Wildman–Crippen MR) is 47.3 cm³/mol. The zero-order valence-electron chi connectivity index (χ0n) is 7.89. The van der Waals surface area contributed by atoms with E-state index in [-0.39, 0.29) is 11.5 Å². The third-order valence-corrected chi connectivity index (χ3v) is 2.80. The highest BCUT2D eigenvalue weighted by atomic mass is 16.2. The van der Waals surface area contributed by atoms with Gasteiger partial charge in [-0.2, -0.15) is 0 Å². The molecule has 1 aliphatic carbocycles. The largest absolute Gasteiger partial charge is 0.344 e. The van der Waals surface area contributed by atoms with Gasteiger partial charge in [0.15, 0.2) is 0 Å². The molecule has 13 heavy (non-hydrogen) atoms. The van der Waals surface area contributed by atoms with Crippen LogP contribution in [0.15, 0.2) is 0 Å². The molecule has 0 bridgehead atoms. The molecule has 2 atom stereocenters. The number of rotatable bonds is 2. The highest BCUT2D eigenvalue weighted by Crippen LogP contribution is 2.48. The second-order valence-electron chi connectivity index (χ2n) is 3.71. The molecule has 1 saturated carbocycles. The highest BCUT2D eigenvalue weighted by molar-refractivity contribution is 6.35. The van der Waals surface area contributed by atoms with E-state index in [2.05, 4.69) is 19.2 Å². The van der Waals surface area contributed by atoms with Gasteiger partial charge in [0.05, 0.1) is 0 Å².